The number of rotatable bonds is 7. The smallest absolute Gasteiger partial charge is 0.318 e. The maximum Gasteiger partial charge on any atom is 0.318 e. The average molecular weight is 392 g/mol. The summed E-state index contributed by atoms with van der Waals surface area (Å²) >= 11 is 0. The highest BCUT2D eigenvalue weighted by molar-refractivity contribution is 5.89. The van der Waals surface area contributed by atoms with Crippen molar-refractivity contribution in [2.75, 3.05) is 18.0 Å². The van der Waals surface area contributed by atoms with Gasteiger partial charge >= 0.3 is 5.97 Å². The zero-order valence-electron chi connectivity index (χ0n) is 17.2. The number of carbonyl (C=O) groups excluding carboxylic acids is 2. The molecule has 0 saturated heterocycles. The van der Waals surface area contributed by atoms with Gasteiger partial charge in [-0.25, -0.2) is 0 Å². The Kier molecular flexibility index (Phi) is 6.70. The van der Waals surface area contributed by atoms with Crippen molar-refractivity contribution in [2.24, 2.45) is 5.92 Å². The van der Waals surface area contributed by atoms with Gasteiger partial charge in [-0.3, -0.25) is 9.59 Å². The van der Waals surface area contributed by atoms with E-state index in [1.54, 1.807) is 6.08 Å². The molecule has 2 atom stereocenters. The van der Waals surface area contributed by atoms with Gasteiger partial charge in [-0.05, 0) is 37.1 Å². The quantitative estimate of drug-likeness (QED) is 0.439. The Morgan fingerprint density at radius 3 is 2.55 bits per heavy atom. The van der Waals surface area contributed by atoms with Crippen LogP contribution >= 0.6 is 0 Å². The minimum atomic E-state index is -0.482. The fourth-order valence-electron chi connectivity index (χ4n) is 3.63. The van der Waals surface area contributed by atoms with Crippen LogP contribution in [-0.4, -0.2) is 25.0 Å². The van der Waals surface area contributed by atoms with E-state index in [9.17, 15) is 9.59 Å². The molecule has 2 aromatic rings. The number of benzene rings is 2. The van der Waals surface area contributed by atoms with Gasteiger partial charge < -0.3 is 15.0 Å². The first kappa shape index (κ1) is 20.6. The van der Waals surface area contributed by atoms with Gasteiger partial charge in [0.2, 0.25) is 5.91 Å². The summed E-state index contributed by atoms with van der Waals surface area (Å²) in [4.78, 5) is 26.9. The van der Waals surface area contributed by atoms with Crippen LogP contribution in [0.15, 0.2) is 60.7 Å². The van der Waals surface area contributed by atoms with Crippen molar-refractivity contribution in [3.8, 4) is 5.75 Å². The van der Waals surface area contributed by atoms with E-state index in [0.29, 0.717) is 12.3 Å². The Morgan fingerprint density at radius 1 is 1.14 bits per heavy atom. The van der Waals surface area contributed by atoms with Crippen LogP contribution in [0.5, 0.6) is 5.75 Å². The van der Waals surface area contributed by atoms with Crippen LogP contribution in [0.25, 0.3) is 0 Å². The van der Waals surface area contributed by atoms with Gasteiger partial charge in [0.15, 0.2) is 0 Å². The lowest BCUT2D eigenvalue weighted by atomic mass is 9.84. The first-order chi connectivity index (χ1) is 14.0. The molecule has 1 N–H and O–H groups in total. The highest BCUT2D eigenvalue weighted by Crippen LogP contribution is 2.40. The Hall–Kier alpha value is -3.08. The third kappa shape index (κ3) is 4.86. The van der Waals surface area contributed by atoms with Crippen LogP contribution in [0, 0.1) is 5.92 Å². The molecule has 1 heterocycles. The maximum atomic E-state index is 12.6. The first-order valence-electron chi connectivity index (χ1n) is 10.1. The highest BCUT2D eigenvalue weighted by Gasteiger charge is 2.33. The standard InChI is InChI=1S/C24H28N2O3/c1-4-26(5-2)19-11-12-20-17(3)21(24(28)29-22(20)15-19)13-14-23(27)25-16-18-9-7-6-8-10-18/h6-15,17,21H,4-5,16H2,1-3H3,(H,25,27)/b14-13+. The molecule has 3 rings (SSSR count). The normalized spacial score (nSPS) is 18.2. The van der Waals surface area contributed by atoms with Gasteiger partial charge in [0.1, 0.15) is 5.75 Å². The molecule has 1 amide bonds. The predicted octanol–water partition coefficient (Wildman–Crippen LogP) is 4.04. The first-order valence-corrected chi connectivity index (χ1v) is 10.1. The van der Waals surface area contributed by atoms with E-state index in [2.05, 4.69) is 30.1 Å². The topological polar surface area (TPSA) is 58.6 Å². The summed E-state index contributed by atoms with van der Waals surface area (Å²) in [6.07, 6.45) is 3.08. The molecule has 152 valence electrons. The number of nitrogens with one attached hydrogen (secondary N) is 1. The molecule has 0 bridgehead atoms. The van der Waals surface area contributed by atoms with E-state index in [1.807, 2.05) is 49.4 Å². The minimum Gasteiger partial charge on any atom is -0.426 e. The molecule has 0 spiro atoms. The van der Waals surface area contributed by atoms with E-state index in [-0.39, 0.29) is 17.8 Å². The number of nitrogens with zero attached hydrogens (tertiary/aromatic N) is 1. The summed E-state index contributed by atoms with van der Waals surface area (Å²) in [6.45, 7) is 8.42. The molecule has 0 saturated carbocycles. The second-order valence-corrected chi connectivity index (χ2v) is 7.19. The van der Waals surface area contributed by atoms with E-state index in [4.69, 9.17) is 4.74 Å². The SMILES string of the molecule is CCN(CC)c1ccc2c(c1)OC(=O)C(/C=C/C(=O)NCc1ccccc1)C2C. The Bertz CT molecular complexity index is 888. The number of anilines is 1. The number of esters is 1. The van der Waals surface area contributed by atoms with Gasteiger partial charge in [0.25, 0.3) is 0 Å². The number of carbonyl (C=O) groups is 2. The number of fused-ring (bicyclic) bond motifs is 1. The highest BCUT2D eigenvalue weighted by atomic mass is 16.5. The minimum absolute atomic E-state index is 0.0600. The summed E-state index contributed by atoms with van der Waals surface area (Å²) in [6, 6.07) is 15.7. The molecule has 0 radical (unpaired) electrons. The van der Waals surface area contributed by atoms with Crippen molar-refractivity contribution in [1.29, 1.82) is 0 Å². The Morgan fingerprint density at radius 2 is 1.86 bits per heavy atom. The third-order valence-corrected chi connectivity index (χ3v) is 5.40. The second-order valence-electron chi connectivity index (χ2n) is 7.19. The van der Waals surface area contributed by atoms with Gasteiger partial charge in [0.05, 0.1) is 5.92 Å². The van der Waals surface area contributed by atoms with Crippen molar-refractivity contribution in [3.63, 3.8) is 0 Å². The van der Waals surface area contributed by atoms with Gasteiger partial charge in [-0.2, -0.15) is 0 Å². The summed E-state index contributed by atoms with van der Waals surface area (Å²) in [5, 5.41) is 2.84. The molecule has 0 aromatic heterocycles. The second kappa shape index (κ2) is 9.41. The lowest BCUT2D eigenvalue weighted by molar-refractivity contribution is -0.139. The Labute approximate surface area is 172 Å². The van der Waals surface area contributed by atoms with Crippen molar-refractivity contribution >= 4 is 17.6 Å². The predicted molar refractivity (Wildman–Crippen MR) is 115 cm³/mol. The molecule has 0 aliphatic carbocycles. The van der Waals surface area contributed by atoms with Gasteiger partial charge in [-0.1, -0.05) is 49.4 Å². The van der Waals surface area contributed by atoms with Crippen LogP contribution in [0.4, 0.5) is 5.69 Å². The van der Waals surface area contributed by atoms with E-state index in [1.165, 1.54) is 6.08 Å². The fraction of sp³-hybridized carbons (Fsp3) is 0.333. The lowest BCUT2D eigenvalue weighted by Crippen LogP contribution is -2.30. The zero-order chi connectivity index (χ0) is 20.8. The summed E-state index contributed by atoms with van der Waals surface area (Å²) < 4.78 is 5.61. The molecule has 2 unspecified atom stereocenters. The van der Waals surface area contributed by atoms with Crippen molar-refractivity contribution in [3.05, 3.63) is 71.8 Å². The Balaban J connectivity index is 1.68. The lowest BCUT2D eigenvalue weighted by Gasteiger charge is -2.29. The van der Waals surface area contributed by atoms with Crippen molar-refractivity contribution in [1.82, 2.24) is 5.32 Å². The van der Waals surface area contributed by atoms with Crippen LogP contribution < -0.4 is 15.0 Å². The number of amides is 1. The summed E-state index contributed by atoms with van der Waals surface area (Å²) in [5.41, 5.74) is 3.06. The fourth-order valence-corrected chi connectivity index (χ4v) is 3.63. The monoisotopic (exact) mass is 392 g/mol. The van der Waals surface area contributed by atoms with Gasteiger partial charge in [0, 0.05) is 37.3 Å². The maximum absolute atomic E-state index is 12.6. The van der Waals surface area contributed by atoms with Crippen LogP contribution in [0.3, 0.4) is 0 Å². The molecule has 5 heteroatoms. The van der Waals surface area contributed by atoms with E-state index in [0.717, 1.165) is 29.9 Å². The van der Waals surface area contributed by atoms with Gasteiger partial charge in [-0.15, -0.1) is 0 Å². The number of hydrogen-bond acceptors (Lipinski definition) is 4. The molecular formula is C24H28N2O3. The van der Waals surface area contributed by atoms with Crippen LogP contribution in [0.2, 0.25) is 0 Å². The summed E-state index contributed by atoms with van der Waals surface area (Å²) in [7, 11) is 0. The largest absolute Gasteiger partial charge is 0.426 e. The van der Waals surface area contributed by atoms with Crippen LogP contribution in [0.1, 0.15) is 37.8 Å². The molecule has 2 aromatic carbocycles. The van der Waals surface area contributed by atoms with Crippen LogP contribution in [-0.2, 0) is 16.1 Å². The number of ether oxygens (including phenoxy) is 1. The zero-order valence-corrected chi connectivity index (χ0v) is 17.2. The molecule has 5 nitrogen and oxygen atoms in total. The van der Waals surface area contributed by atoms with E-state index < -0.39 is 5.92 Å². The molecule has 1 aliphatic heterocycles. The molecular weight excluding hydrogens is 364 g/mol. The molecule has 1 aliphatic rings. The van der Waals surface area contributed by atoms with Crippen molar-refractivity contribution in [2.45, 2.75) is 33.2 Å². The number of hydrogen-bond donors (Lipinski definition) is 1. The van der Waals surface area contributed by atoms with E-state index >= 15 is 0 Å². The molecule has 0 fully saturated rings. The average Bonchev–Trinajstić information content (AvgIpc) is 2.73. The van der Waals surface area contributed by atoms with Crippen molar-refractivity contribution < 1.29 is 14.3 Å². The third-order valence-electron chi connectivity index (χ3n) is 5.40. The summed E-state index contributed by atoms with van der Waals surface area (Å²) in [5.74, 6) is -0.477. The molecule has 29 heavy (non-hydrogen) atoms.